The van der Waals surface area contributed by atoms with Gasteiger partial charge in [0.25, 0.3) is 5.91 Å². The van der Waals surface area contributed by atoms with Crippen LogP contribution in [0.5, 0.6) is 0 Å². The first kappa shape index (κ1) is 18.3. The molecule has 2 aliphatic rings. The summed E-state index contributed by atoms with van der Waals surface area (Å²) in [6.45, 7) is 1.89. The van der Waals surface area contributed by atoms with E-state index in [0.717, 1.165) is 24.2 Å². The van der Waals surface area contributed by atoms with Crippen molar-refractivity contribution in [2.45, 2.75) is 32.2 Å². The molecule has 0 unspecified atom stereocenters. The van der Waals surface area contributed by atoms with Crippen molar-refractivity contribution in [3.8, 4) is 0 Å². The number of rotatable bonds is 5. The van der Waals surface area contributed by atoms with Gasteiger partial charge in [-0.25, -0.2) is 9.37 Å². The highest BCUT2D eigenvalue weighted by molar-refractivity contribution is 6.15. The molecule has 1 saturated heterocycles. The first-order valence-corrected chi connectivity index (χ1v) is 9.69. The van der Waals surface area contributed by atoms with Crippen LogP contribution in [-0.2, 0) is 9.59 Å². The molecule has 1 aliphatic heterocycles. The third-order valence-corrected chi connectivity index (χ3v) is 5.04. The summed E-state index contributed by atoms with van der Waals surface area (Å²) in [5.41, 5.74) is 2.70. The normalized spacial score (nSPS) is 17.6. The summed E-state index contributed by atoms with van der Waals surface area (Å²) in [6.07, 6.45) is 5.38. The Hall–Kier alpha value is -3.75. The lowest BCUT2D eigenvalue weighted by Gasteiger charge is -2.12. The van der Waals surface area contributed by atoms with E-state index in [0.29, 0.717) is 34.3 Å². The number of nitrogens with one attached hydrogen (secondary N) is 3. The smallest absolute Gasteiger partial charge is 0.254 e. The second-order valence-electron chi connectivity index (χ2n) is 7.61. The molecule has 0 bridgehead atoms. The van der Waals surface area contributed by atoms with Gasteiger partial charge in [-0.2, -0.15) is 9.61 Å². The third kappa shape index (κ3) is 3.49. The monoisotopic (exact) mass is 406 g/mol. The van der Waals surface area contributed by atoms with Crippen molar-refractivity contribution in [2.75, 3.05) is 10.6 Å². The molecule has 2 fully saturated rings. The zero-order valence-corrected chi connectivity index (χ0v) is 16.2. The van der Waals surface area contributed by atoms with Gasteiger partial charge in [-0.3, -0.25) is 14.9 Å². The Bertz CT molecular complexity index is 1230. The van der Waals surface area contributed by atoms with Crippen LogP contribution in [0.25, 0.3) is 11.7 Å². The van der Waals surface area contributed by atoms with E-state index in [1.54, 1.807) is 35.0 Å². The average Bonchev–Trinajstić information content (AvgIpc) is 3.34. The number of anilines is 3. The van der Waals surface area contributed by atoms with E-state index in [1.807, 2.05) is 6.92 Å². The predicted molar refractivity (Wildman–Crippen MR) is 110 cm³/mol. The van der Waals surface area contributed by atoms with Crippen LogP contribution in [0.3, 0.4) is 0 Å². The summed E-state index contributed by atoms with van der Waals surface area (Å²) >= 11 is 0. The van der Waals surface area contributed by atoms with E-state index >= 15 is 0 Å². The van der Waals surface area contributed by atoms with Crippen LogP contribution < -0.4 is 16.0 Å². The topological polar surface area (TPSA) is 100 Å². The van der Waals surface area contributed by atoms with Gasteiger partial charge in [0.2, 0.25) is 5.91 Å². The van der Waals surface area contributed by atoms with Crippen LogP contribution in [0.15, 0.2) is 36.0 Å². The lowest BCUT2D eigenvalue weighted by atomic mass is 10.1. The zero-order valence-electron chi connectivity index (χ0n) is 16.2. The standard InChI is InChI=1S/C21H19FN6O2/c1-11-2-5-15(22)16(6-11)25-17-9-18(24-14-3-4-14)28-20(26-17)13(10-23-28)7-12-8-19(29)27-21(12)30/h2,5-7,9-10,14,24H,3-4,8H2,1H3,(H,25,26)(H,27,29,30)/b12-7+. The summed E-state index contributed by atoms with van der Waals surface area (Å²) in [4.78, 5) is 28.0. The number of imide groups is 1. The largest absolute Gasteiger partial charge is 0.367 e. The minimum atomic E-state index is -0.410. The molecule has 2 aromatic heterocycles. The molecule has 0 atom stereocenters. The molecule has 2 amide bonds. The second kappa shape index (κ2) is 6.94. The maximum atomic E-state index is 14.3. The Balaban J connectivity index is 1.59. The predicted octanol–water partition coefficient (Wildman–Crippen LogP) is 2.92. The van der Waals surface area contributed by atoms with Gasteiger partial charge in [-0.15, -0.1) is 0 Å². The van der Waals surface area contributed by atoms with Crippen molar-refractivity contribution in [3.63, 3.8) is 0 Å². The van der Waals surface area contributed by atoms with Crippen molar-refractivity contribution in [1.82, 2.24) is 19.9 Å². The lowest BCUT2D eigenvalue weighted by molar-refractivity contribution is -0.124. The Morgan fingerprint density at radius 3 is 2.83 bits per heavy atom. The molecule has 5 rings (SSSR count). The van der Waals surface area contributed by atoms with Gasteiger partial charge in [0, 0.05) is 23.2 Å². The second-order valence-corrected chi connectivity index (χ2v) is 7.61. The fraction of sp³-hybridized carbons (Fsp3) is 0.238. The van der Waals surface area contributed by atoms with Crippen LogP contribution in [0, 0.1) is 12.7 Å². The van der Waals surface area contributed by atoms with Crippen LogP contribution in [0.4, 0.5) is 21.7 Å². The number of nitrogens with zero attached hydrogens (tertiary/aromatic N) is 3. The highest BCUT2D eigenvalue weighted by Gasteiger charge is 2.25. The number of amides is 2. The summed E-state index contributed by atoms with van der Waals surface area (Å²) in [5, 5.41) is 13.1. The quantitative estimate of drug-likeness (QED) is 0.445. The van der Waals surface area contributed by atoms with Crippen molar-refractivity contribution >= 4 is 40.9 Å². The Labute approximate surface area is 171 Å². The van der Waals surface area contributed by atoms with Crippen LogP contribution in [0.2, 0.25) is 0 Å². The molecule has 8 nitrogen and oxygen atoms in total. The van der Waals surface area contributed by atoms with Gasteiger partial charge >= 0.3 is 0 Å². The molecular formula is C21H19FN6O2. The maximum absolute atomic E-state index is 14.3. The third-order valence-electron chi connectivity index (χ3n) is 5.04. The van der Waals surface area contributed by atoms with Gasteiger partial charge in [0.15, 0.2) is 5.65 Å². The van der Waals surface area contributed by atoms with E-state index in [-0.39, 0.29) is 18.1 Å². The van der Waals surface area contributed by atoms with E-state index < -0.39 is 5.91 Å². The number of halogens is 1. The minimum Gasteiger partial charge on any atom is -0.367 e. The maximum Gasteiger partial charge on any atom is 0.254 e. The van der Waals surface area contributed by atoms with Gasteiger partial charge in [-0.05, 0) is 43.5 Å². The Kier molecular flexibility index (Phi) is 4.23. The summed E-state index contributed by atoms with van der Waals surface area (Å²) in [6, 6.07) is 6.96. The summed E-state index contributed by atoms with van der Waals surface area (Å²) < 4.78 is 15.9. The summed E-state index contributed by atoms with van der Waals surface area (Å²) in [7, 11) is 0. The molecule has 1 aliphatic carbocycles. The van der Waals surface area contributed by atoms with Crippen LogP contribution in [0.1, 0.15) is 30.4 Å². The highest BCUT2D eigenvalue weighted by atomic mass is 19.1. The minimum absolute atomic E-state index is 0.0236. The Morgan fingerprint density at radius 2 is 2.10 bits per heavy atom. The zero-order chi connectivity index (χ0) is 20.8. The van der Waals surface area contributed by atoms with Gasteiger partial charge in [0.05, 0.1) is 18.3 Å². The number of benzene rings is 1. The highest BCUT2D eigenvalue weighted by Crippen LogP contribution is 2.29. The first-order chi connectivity index (χ1) is 14.5. The molecule has 30 heavy (non-hydrogen) atoms. The van der Waals surface area contributed by atoms with Crippen molar-refractivity contribution < 1.29 is 14.0 Å². The molecule has 0 spiro atoms. The number of aryl methyl sites for hydroxylation is 1. The number of fused-ring (bicyclic) bond motifs is 1. The molecule has 3 heterocycles. The number of carbonyl (C=O) groups is 2. The first-order valence-electron chi connectivity index (χ1n) is 9.69. The fourth-order valence-electron chi connectivity index (χ4n) is 3.37. The molecule has 3 N–H and O–H groups in total. The van der Waals surface area contributed by atoms with E-state index in [4.69, 9.17) is 0 Å². The Morgan fingerprint density at radius 1 is 1.27 bits per heavy atom. The number of hydrogen-bond donors (Lipinski definition) is 3. The van der Waals surface area contributed by atoms with Gasteiger partial charge < -0.3 is 10.6 Å². The van der Waals surface area contributed by atoms with Crippen molar-refractivity contribution in [1.29, 1.82) is 0 Å². The number of aromatic nitrogens is 3. The summed E-state index contributed by atoms with van der Waals surface area (Å²) in [5.74, 6) is 0.0451. The number of hydrogen-bond acceptors (Lipinski definition) is 6. The van der Waals surface area contributed by atoms with E-state index in [2.05, 4.69) is 26.0 Å². The molecule has 0 radical (unpaired) electrons. The van der Waals surface area contributed by atoms with Crippen molar-refractivity contribution in [2.24, 2.45) is 0 Å². The molecule has 3 aromatic rings. The van der Waals surface area contributed by atoms with Crippen molar-refractivity contribution in [3.05, 3.63) is 53.0 Å². The molecule has 152 valence electrons. The van der Waals surface area contributed by atoms with Gasteiger partial charge in [0.1, 0.15) is 17.5 Å². The fourth-order valence-corrected chi connectivity index (χ4v) is 3.37. The average molecular weight is 406 g/mol. The molecular weight excluding hydrogens is 387 g/mol. The van der Waals surface area contributed by atoms with Crippen LogP contribution in [-0.4, -0.2) is 32.5 Å². The number of carbonyl (C=O) groups excluding carboxylic acids is 2. The molecule has 9 heteroatoms. The molecule has 1 saturated carbocycles. The SMILES string of the molecule is Cc1ccc(F)c(Nc2cc(NC3CC3)n3ncc(/C=C4\CC(=O)NC4=O)c3n2)c1. The van der Waals surface area contributed by atoms with Gasteiger partial charge in [-0.1, -0.05) is 6.07 Å². The van der Waals surface area contributed by atoms with Crippen LogP contribution >= 0.6 is 0 Å². The lowest BCUT2D eigenvalue weighted by Crippen LogP contribution is -2.19. The van der Waals surface area contributed by atoms with E-state index in [9.17, 15) is 14.0 Å². The van der Waals surface area contributed by atoms with E-state index in [1.165, 1.54) is 6.07 Å². The molecule has 1 aromatic carbocycles.